The first kappa shape index (κ1) is 24.0. The second kappa shape index (κ2) is 9.18. The van der Waals surface area contributed by atoms with E-state index in [1.54, 1.807) is 6.20 Å². The molecule has 2 aliphatic heterocycles. The molecule has 1 saturated heterocycles. The second-order valence-corrected chi connectivity index (χ2v) is 12.5. The molecule has 36 heavy (non-hydrogen) atoms. The number of aromatic nitrogens is 4. The van der Waals surface area contributed by atoms with Crippen LogP contribution in [0.1, 0.15) is 76.8 Å². The molecule has 3 unspecified atom stereocenters. The van der Waals surface area contributed by atoms with Gasteiger partial charge in [0.05, 0.1) is 22.6 Å². The molecular formula is C25H35N7O3S. The fourth-order valence-corrected chi connectivity index (χ4v) is 7.09. The van der Waals surface area contributed by atoms with Crippen molar-refractivity contribution in [1.29, 1.82) is 0 Å². The topological polar surface area (TPSA) is 116 Å². The number of carbonyl (C=O) groups is 1. The fourth-order valence-electron chi connectivity index (χ4n) is 5.92. The van der Waals surface area contributed by atoms with Gasteiger partial charge in [0.25, 0.3) is 0 Å². The lowest BCUT2D eigenvalue weighted by Gasteiger charge is -2.33. The number of hydrogen-bond donors (Lipinski definition) is 2. The Morgan fingerprint density at radius 2 is 1.94 bits per heavy atom. The van der Waals surface area contributed by atoms with E-state index in [2.05, 4.69) is 29.2 Å². The highest BCUT2D eigenvalue weighted by molar-refractivity contribution is 7.82. The van der Waals surface area contributed by atoms with Crippen molar-refractivity contribution in [1.82, 2.24) is 24.1 Å². The maximum atomic E-state index is 13.4. The van der Waals surface area contributed by atoms with E-state index in [1.165, 1.54) is 0 Å². The van der Waals surface area contributed by atoms with Crippen LogP contribution >= 0.6 is 0 Å². The normalized spacial score (nSPS) is 27.0. The zero-order valence-electron chi connectivity index (χ0n) is 21.0. The van der Waals surface area contributed by atoms with Crippen molar-refractivity contribution >= 4 is 28.7 Å². The number of nitrogens with one attached hydrogen (secondary N) is 1. The van der Waals surface area contributed by atoms with Gasteiger partial charge in [-0.25, -0.2) is 13.5 Å². The summed E-state index contributed by atoms with van der Waals surface area (Å²) in [4.78, 5) is 25.5. The van der Waals surface area contributed by atoms with E-state index in [4.69, 9.17) is 4.98 Å². The Morgan fingerprint density at radius 3 is 2.61 bits per heavy atom. The molecule has 1 spiro atoms. The summed E-state index contributed by atoms with van der Waals surface area (Å²) in [5.74, 6) is 1.41. The number of carbonyl (C=O) groups excluding carboxylic acids is 1. The molecule has 2 aromatic heterocycles. The van der Waals surface area contributed by atoms with Crippen molar-refractivity contribution in [3.05, 3.63) is 24.2 Å². The molecule has 11 heteroatoms. The van der Waals surface area contributed by atoms with Crippen molar-refractivity contribution < 1.29 is 14.1 Å². The lowest BCUT2D eigenvalue weighted by atomic mass is 9.92. The first-order chi connectivity index (χ1) is 17.4. The summed E-state index contributed by atoms with van der Waals surface area (Å²) in [7, 11) is -1.22. The molecule has 0 aromatic carbocycles. The number of fused-ring (bicyclic) bond motifs is 2. The summed E-state index contributed by atoms with van der Waals surface area (Å²) < 4.78 is 16.8. The minimum atomic E-state index is -1.22. The van der Waals surface area contributed by atoms with E-state index < -0.39 is 16.4 Å². The van der Waals surface area contributed by atoms with Gasteiger partial charge in [0.15, 0.2) is 0 Å². The van der Waals surface area contributed by atoms with Crippen LogP contribution in [0.15, 0.2) is 23.5 Å². The highest BCUT2D eigenvalue weighted by Crippen LogP contribution is 2.57. The van der Waals surface area contributed by atoms with Crippen molar-refractivity contribution in [3.8, 4) is 0 Å². The number of aliphatic hydroxyl groups is 1. The number of hydrogen-bond acceptors (Lipinski definition) is 7. The van der Waals surface area contributed by atoms with E-state index in [9.17, 15) is 14.1 Å². The Kier molecular flexibility index (Phi) is 6.12. The average molecular weight is 514 g/mol. The van der Waals surface area contributed by atoms with Gasteiger partial charge < -0.3 is 10.4 Å². The number of nitrogens with zero attached hydrogens (tertiary/aromatic N) is 6. The van der Waals surface area contributed by atoms with Crippen LogP contribution in [0.3, 0.4) is 0 Å². The summed E-state index contributed by atoms with van der Waals surface area (Å²) in [5.41, 5.74) is 0.514. The SMILES string of the molecule is CC(C)n1cc(S(=O)N2CCC(Nc3ncc4c(n3)N(C3CCCC(O)C3)C(=O)C43CC3)CC2)cn1. The number of rotatable bonds is 6. The molecule has 0 bridgehead atoms. The van der Waals surface area contributed by atoms with Crippen LogP contribution in [0.2, 0.25) is 0 Å². The Morgan fingerprint density at radius 1 is 1.17 bits per heavy atom. The summed E-state index contributed by atoms with van der Waals surface area (Å²) in [6.07, 6.45) is 11.6. The smallest absolute Gasteiger partial charge is 0.239 e. The predicted octanol–water partition coefficient (Wildman–Crippen LogP) is 2.53. The molecule has 2 saturated carbocycles. The highest BCUT2D eigenvalue weighted by atomic mass is 32.2. The van der Waals surface area contributed by atoms with Gasteiger partial charge >= 0.3 is 0 Å². The monoisotopic (exact) mass is 513 g/mol. The molecule has 6 rings (SSSR count). The van der Waals surface area contributed by atoms with Crippen LogP contribution in [0, 0.1) is 0 Å². The molecule has 2 aromatic rings. The number of piperidine rings is 1. The van der Waals surface area contributed by atoms with E-state index in [0.717, 1.165) is 61.2 Å². The molecule has 0 radical (unpaired) electrons. The molecule has 4 heterocycles. The first-order valence-electron chi connectivity index (χ1n) is 13.2. The van der Waals surface area contributed by atoms with Gasteiger partial charge in [0.1, 0.15) is 16.8 Å². The highest BCUT2D eigenvalue weighted by Gasteiger charge is 2.61. The average Bonchev–Trinajstić information content (AvgIpc) is 3.44. The van der Waals surface area contributed by atoms with Crippen LogP contribution in [-0.4, -0.2) is 70.6 Å². The summed E-state index contributed by atoms with van der Waals surface area (Å²) >= 11 is 0. The molecule has 194 valence electrons. The third kappa shape index (κ3) is 4.14. The zero-order chi connectivity index (χ0) is 25.0. The molecule has 3 atom stereocenters. The summed E-state index contributed by atoms with van der Waals surface area (Å²) in [6.45, 7) is 5.51. The van der Waals surface area contributed by atoms with E-state index >= 15 is 0 Å². The van der Waals surface area contributed by atoms with Crippen LogP contribution in [-0.2, 0) is 21.2 Å². The molecule has 4 aliphatic rings. The molecule has 3 fully saturated rings. The molecule has 10 nitrogen and oxygen atoms in total. The summed E-state index contributed by atoms with van der Waals surface area (Å²) in [6, 6.07) is 0.412. The van der Waals surface area contributed by atoms with Crippen LogP contribution in [0.25, 0.3) is 0 Å². The standard InChI is InChI=1S/C25H35N7O3S/c1-16(2)31-15-20(13-27-31)36(35)30-10-6-17(7-11-30)28-24-26-14-21-22(29-24)32(23(34)25(21)8-9-25)18-4-3-5-19(33)12-18/h13-19,33H,3-12H2,1-2H3,(H,26,28,29). The first-order valence-corrected chi connectivity index (χ1v) is 14.3. The minimum Gasteiger partial charge on any atom is -0.393 e. The van der Waals surface area contributed by atoms with Gasteiger partial charge in [0, 0.05) is 49.2 Å². The number of amides is 1. The van der Waals surface area contributed by atoms with Crippen LogP contribution in [0.4, 0.5) is 11.8 Å². The summed E-state index contributed by atoms with van der Waals surface area (Å²) in [5, 5.41) is 18.0. The third-order valence-corrected chi connectivity index (χ3v) is 9.65. The zero-order valence-corrected chi connectivity index (χ0v) is 21.8. The predicted molar refractivity (Wildman–Crippen MR) is 136 cm³/mol. The van der Waals surface area contributed by atoms with E-state index in [-0.39, 0.29) is 30.1 Å². The van der Waals surface area contributed by atoms with Gasteiger partial charge in [0.2, 0.25) is 11.9 Å². The second-order valence-electron chi connectivity index (χ2n) is 11.0. The van der Waals surface area contributed by atoms with Crippen LogP contribution in [0.5, 0.6) is 0 Å². The van der Waals surface area contributed by atoms with Gasteiger partial charge in [-0.1, -0.05) is 0 Å². The van der Waals surface area contributed by atoms with Gasteiger partial charge in [-0.05, 0) is 65.2 Å². The Bertz CT molecular complexity index is 1170. The number of aliphatic hydroxyl groups excluding tert-OH is 1. The molecule has 2 N–H and O–H groups in total. The van der Waals surface area contributed by atoms with Crippen LogP contribution < -0.4 is 10.2 Å². The van der Waals surface area contributed by atoms with Crippen molar-refractivity contribution in [2.45, 2.75) is 99.8 Å². The van der Waals surface area contributed by atoms with Gasteiger partial charge in [-0.15, -0.1) is 0 Å². The van der Waals surface area contributed by atoms with E-state index in [1.807, 2.05) is 26.3 Å². The molecular weight excluding hydrogens is 478 g/mol. The van der Waals surface area contributed by atoms with Gasteiger partial charge in [-0.2, -0.15) is 10.1 Å². The molecule has 1 amide bonds. The maximum Gasteiger partial charge on any atom is 0.239 e. The Labute approximate surface area is 214 Å². The Hall–Kier alpha value is -2.37. The minimum absolute atomic E-state index is 0.000921. The largest absolute Gasteiger partial charge is 0.393 e. The van der Waals surface area contributed by atoms with Crippen molar-refractivity contribution in [2.24, 2.45) is 0 Å². The fraction of sp³-hybridized carbons (Fsp3) is 0.680. The number of anilines is 2. The lowest BCUT2D eigenvalue weighted by Crippen LogP contribution is -2.44. The lowest BCUT2D eigenvalue weighted by molar-refractivity contribution is -0.121. The van der Waals surface area contributed by atoms with E-state index in [0.29, 0.717) is 25.5 Å². The van der Waals surface area contributed by atoms with Gasteiger partial charge in [-0.3, -0.25) is 14.4 Å². The van der Waals surface area contributed by atoms with Crippen molar-refractivity contribution in [3.63, 3.8) is 0 Å². The Balaban J connectivity index is 1.13. The quantitative estimate of drug-likeness (QED) is 0.610. The van der Waals surface area contributed by atoms with Crippen molar-refractivity contribution in [2.75, 3.05) is 23.3 Å². The maximum absolute atomic E-state index is 13.4. The third-order valence-electron chi connectivity index (χ3n) is 8.20. The molecule has 2 aliphatic carbocycles.